The minimum absolute atomic E-state index is 0.0806. The molecule has 0 saturated heterocycles. The van der Waals surface area contributed by atoms with Crippen molar-refractivity contribution in [1.82, 2.24) is 5.32 Å². The number of benzene rings is 1. The Kier molecular flexibility index (Phi) is 5.36. The predicted octanol–water partition coefficient (Wildman–Crippen LogP) is 3.41. The van der Waals surface area contributed by atoms with Gasteiger partial charge in [0, 0.05) is 16.5 Å². The lowest BCUT2D eigenvalue weighted by atomic mass is 10.0. The highest BCUT2D eigenvalue weighted by atomic mass is 32.1. The van der Waals surface area contributed by atoms with E-state index in [9.17, 15) is 9.90 Å². The molecule has 2 rings (SSSR count). The molecule has 2 atom stereocenters. The van der Waals surface area contributed by atoms with E-state index in [4.69, 9.17) is 4.74 Å². The quantitative estimate of drug-likeness (QED) is 0.803. The number of hydrogen-bond donors (Lipinski definition) is 2. The third-order valence-electron chi connectivity index (χ3n) is 3.34. The lowest BCUT2D eigenvalue weighted by molar-refractivity contribution is -0.141. The van der Waals surface area contributed by atoms with Gasteiger partial charge in [-0.2, -0.15) is 0 Å². The number of ether oxygens (including phenoxy) is 1. The van der Waals surface area contributed by atoms with Crippen molar-refractivity contribution in [2.45, 2.75) is 25.4 Å². The lowest BCUT2D eigenvalue weighted by Gasteiger charge is -2.22. The Morgan fingerprint density at radius 2 is 2.10 bits per heavy atom. The topological polar surface area (TPSA) is 58.6 Å². The van der Waals surface area contributed by atoms with Crippen molar-refractivity contribution in [3.8, 4) is 5.75 Å². The summed E-state index contributed by atoms with van der Waals surface area (Å²) in [5, 5.41) is 15.3. The molecule has 21 heavy (non-hydrogen) atoms. The van der Waals surface area contributed by atoms with Crippen LogP contribution in [-0.4, -0.2) is 18.2 Å². The number of aromatic hydroxyl groups is 1. The summed E-state index contributed by atoms with van der Waals surface area (Å²) >= 11 is 1.59. The van der Waals surface area contributed by atoms with Crippen molar-refractivity contribution < 1.29 is 14.6 Å². The van der Waals surface area contributed by atoms with E-state index in [-0.39, 0.29) is 30.2 Å². The zero-order valence-corrected chi connectivity index (χ0v) is 12.9. The van der Waals surface area contributed by atoms with Gasteiger partial charge in [0.25, 0.3) is 0 Å². The highest BCUT2D eigenvalue weighted by molar-refractivity contribution is 7.10. The molecule has 0 fully saturated rings. The van der Waals surface area contributed by atoms with Gasteiger partial charge in [0.15, 0.2) is 0 Å². The molecule has 5 heteroatoms. The molecular weight excluding hydrogens is 286 g/mol. The molecule has 2 N–H and O–H groups in total. The molecule has 0 bridgehead atoms. The SMILES string of the molecule is COC(=O)CC(NC(C)c1ccccc1O)c1cccs1. The third kappa shape index (κ3) is 4.06. The van der Waals surface area contributed by atoms with E-state index in [1.165, 1.54) is 7.11 Å². The Balaban J connectivity index is 2.15. The van der Waals surface area contributed by atoms with Crippen molar-refractivity contribution in [2.75, 3.05) is 7.11 Å². The molecule has 0 saturated carbocycles. The number of phenols is 1. The molecular formula is C16H19NO3S. The number of nitrogens with one attached hydrogen (secondary N) is 1. The number of thiophene rings is 1. The van der Waals surface area contributed by atoms with Crippen molar-refractivity contribution >= 4 is 17.3 Å². The fourth-order valence-corrected chi connectivity index (χ4v) is 3.01. The number of phenolic OH excluding ortho intramolecular Hbond substituents is 1. The molecule has 0 aliphatic heterocycles. The Bertz CT molecular complexity index is 583. The fraction of sp³-hybridized carbons (Fsp3) is 0.312. The zero-order valence-electron chi connectivity index (χ0n) is 12.1. The molecule has 1 heterocycles. The molecule has 1 aromatic carbocycles. The van der Waals surface area contributed by atoms with Crippen LogP contribution < -0.4 is 5.32 Å². The Morgan fingerprint density at radius 1 is 1.33 bits per heavy atom. The van der Waals surface area contributed by atoms with Gasteiger partial charge < -0.3 is 15.2 Å². The van der Waals surface area contributed by atoms with Crippen molar-refractivity contribution in [2.24, 2.45) is 0 Å². The minimum Gasteiger partial charge on any atom is -0.508 e. The Hall–Kier alpha value is -1.85. The molecule has 2 aromatic rings. The Labute approximate surface area is 128 Å². The van der Waals surface area contributed by atoms with Crippen molar-refractivity contribution in [3.05, 3.63) is 52.2 Å². The molecule has 0 amide bonds. The number of methoxy groups -OCH3 is 1. The monoisotopic (exact) mass is 305 g/mol. The molecule has 1 aromatic heterocycles. The first-order valence-corrected chi connectivity index (χ1v) is 7.64. The van der Waals surface area contributed by atoms with Crippen LogP contribution >= 0.6 is 11.3 Å². The molecule has 4 nitrogen and oxygen atoms in total. The van der Waals surface area contributed by atoms with E-state index in [0.29, 0.717) is 0 Å². The van der Waals surface area contributed by atoms with Crippen molar-refractivity contribution in [1.29, 1.82) is 0 Å². The first-order chi connectivity index (χ1) is 10.1. The average Bonchev–Trinajstić information content (AvgIpc) is 3.01. The van der Waals surface area contributed by atoms with Crippen LogP contribution in [0.4, 0.5) is 0 Å². The number of carbonyl (C=O) groups is 1. The predicted molar refractivity (Wildman–Crippen MR) is 83.4 cm³/mol. The van der Waals surface area contributed by atoms with Gasteiger partial charge in [-0.05, 0) is 24.4 Å². The second kappa shape index (κ2) is 7.24. The highest BCUT2D eigenvalue weighted by Gasteiger charge is 2.21. The van der Waals surface area contributed by atoms with Gasteiger partial charge in [-0.3, -0.25) is 4.79 Å². The number of esters is 1. The smallest absolute Gasteiger partial charge is 0.307 e. The van der Waals surface area contributed by atoms with Crippen LogP contribution in [0, 0.1) is 0 Å². The fourth-order valence-electron chi connectivity index (χ4n) is 2.23. The summed E-state index contributed by atoms with van der Waals surface area (Å²) in [4.78, 5) is 12.7. The maximum atomic E-state index is 11.6. The van der Waals surface area contributed by atoms with Gasteiger partial charge >= 0.3 is 5.97 Å². The number of carbonyl (C=O) groups excluding carboxylic acids is 1. The molecule has 0 radical (unpaired) electrons. The summed E-state index contributed by atoms with van der Waals surface area (Å²) < 4.78 is 4.77. The molecule has 112 valence electrons. The summed E-state index contributed by atoms with van der Waals surface area (Å²) in [5.74, 6) is -0.00844. The van der Waals surface area contributed by atoms with Crippen molar-refractivity contribution in [3.63, 3.8) is 0 Å². The molecule has 0 aliphatic carbocycles. The average molecular weight is 305 g/mol. The van der Waals surface area contributed by atoms with Crippen LogP contribution in [0.25, 0.3) is 0 Å². The van der Waals surface area contributed by atoms with E-state index >= 15 is 0 Å². The molecule has 0 aliphatic rings. The van der Waals surface area contributed by atoms with Crippen LogP contribution in [0.5, 0.6) is 5.75 Å². The first kappa shape index (κ1) is 15.5. The van der Waals surface area contributed by atoms with Crippen LogP contribution in [-0.2, 0) is 9.53 Å². The van der Waals surface area contributed by atoms with Gasteiger partial charge in [0.05, 0.1) is 19.6 Å². The minimum atomic E-state index is -0.259. The van der Waals surface area contributed by atoms with E-state index < -0.39 is 0 Å². The largest absolute Gasteiger partial charge is 0.508 e. The molecule has 0 spiro atoms. The number of para-hydroxylation sites is 1. The summed E-state index contributed by atoms with van der Waals surface area (Å²) in [5.41, 5.74) is 0.809. The number of hydrogen-bond acceptors (Lipinski definition) is 5. The van der Waals surface area contributed by atoms with Gasteiger partial charge in [0.2, 0.25) is 0 Å². The van der Waals surface area contributed by atoms with E-state index in [0.717, 1.165) is 10.4 Å². The highest BCUT2D eigenvalue weighted by Crippen LogP contribution is 2.29. The summed E-state index contributed by atoms with van der Waals surface area (Å²) in [7, 11) is 1.39. The van der Waals surface area contributed by atoms with Gasteiger partial charge in [-0.15, -0.1) is 11.3 Å². The maximum absolute atomic E-state index is 11.6. The summed E-state index contributed by atoms with van der Waals surface area (Å²) in [6.45, 7) is 1.97. The summed E-state index contributed by atoms with van der Waals surface area (Å²) in [6, 6.07) is 10.9. The lowest BCUT2D eigenvalue weighted by Crippen LogP contribution is -2.26. The van der Waals surface area contributed by atoms with Crippen LogP contribution in [0.2, 0.25) is 0 Å². The second-order valence-electron chi connectivity index (χ2n) is 4.80. The second-order valence-corrected chi connectivity index (χ2v) is 5.77. The van der Waals surface area contributed by atoms with Gasteiger partial charge in [-0.25, -0.2) is 0 Å². The van der Waals surface area contributed by atoms with Crippen LogP contribution in [0.1, 0.15) is 35.9 Å². The van der Waals surface area contributed by atoms with E-state index in [1.807, 2.05) is 36.6 Å². The van der Waals surface area contributed by atoms with E-state index in [1.54, 1.807) is 23.5 Å². The standard InChI is InChI=1S/C16H19NO3S/c1-11(12-6-3-4-7-14(12)18)17-13(10-16(19)20-2)15-8-5-9-21-15/h3-9,11,13,17-18H,10H2,1-2H3. The Morgan fingerprint density at radius 3 is 2.71 bits per heavy atom. The zero-order chi connectivity index (χ0) is 15.2. The number of rotatable bonds is 6. The first-order valence-electron chi connectivity index (χ1n) is 6.76. The normalized spacial score (nSPS) is 13.6. The van der Waals surface area contributed by atoms with Gasteiger partial charge in [-0.1, -0.05) is 24.3 Å². The summed E-state index contributed by atoms with van der Waals surface area (Å²) in [6.07, 6.45) is 0.259. The van der Waals surface area contributed by atoms with E-state index in [2.05, 4.69) is 5.32 Å². The van der Waals surface area contributed by atoms with Crippen LogP contribution in [0.15, 0.2) is 41.8 Å². The van der Waals surface area contributed by atoms with Gasteiger partial charge in [0.1, 0.15) is 5.75 Å². The maximum Gasteiger partial charge on any atom is 0.307 e. The van der Waals surface area contributed by atoms with Crippen LogP contribution in [0.3, 0.4) is 0 Å². The molecule has 2 unspecified atom stereocenters. The third-order valence-corrected chi connectivity index (χ3v) is 4.33.